The molecule has 0 spiro atoms. The van der Waals surface area contributed by atoms with Crippen LogP contribution in [0.15, 0.2) is 22.4 Å². The zero-order valence-electron chi connectivity index (χ0n) is 5.72. The molecule has 0 aromatic carbocycles. The summed E-state index contributed by atoms with van der Waals surface area (Å²) in [6.45, 7) is 4.28. The highest BCUT2D eigenvalue weighted by Crippen LogP contribution is 1.77. The summed E-state index contributed by atoms with van der Waals surface area (Å²) in [6.07, 6.45) is 6.29. The molecule has 42 valence electrons. The van der Waals surface area contributed by atoms with Crippen molar-refractivity contribution in [1.82, 2.24) is 0 Å². The molecule has 0 radical (unpaired) electrons. The molecule has 0 heterocycles. The second kappa shape index (κ2) is 7.25. The summed E-state index contributed by atoms with van der Waals surface area (Å²) in [5, 5.41) is 0. The van der Waals surface area contributed by atoms with Crippen molar-refractivity contribution in [3.63, 3.8) is 0 Å². The Morgan fingerprint density at radius 1 is 1.38 bits per heavy atom. The van der Waals surface area contributed by atoms with Crippen molar-refractivity contribution in [2.45, 2.75) is 18.4 Å². The standard InChI is InChI=1S/C5H7.C2H5.Mg/c1-3-5-4-2;1-2;/h1,3-5H,2H3;1H2,2H3;. The largest absolute Gasteiger partial charge is 0.396 e. The molecule has 0 aromatic heterocycles. The highest BCUT2D eigenvalue weighted by Gasteiger charge is 1.77. The fraction of sp³-hybridized carbons (Fsp3) is 0.429. The third-order valence-corrected chi connectivity index (χ3v) is 2.08. The fourth-order valence-corrected chi connectivity index (χ4v) is 1.14. The smallest absolute Gasteiger partial charge is 0.207 e. The molecule has 0 aliphatic rings. The molecule has 0 fully saturated rings. The number of hydrogen-bond acceptors (Lipinski definition) is 0. The quantitative estimate of drug-likeness (QED) is 0.396. The van der Waals surface area contributed by atoms with Gasteiger partial charge in [0.05, 0.1) is 0 Å². The van der Waals surface area contributed by atoms with Gasteiger partial charge in [0, 0.05) is 0 Å². The van der Waals surface area contributed by atoms with Gasteiger partial charge in [0.15, 0.2) is 0 Å². The highest BCUT2D eigenvalue weighted by molar-refractivity contribution is 6.41. The summed E-state index contributed by atoms with van der Waals surface area (Å²) in [4.78, 5) is 0. The van der Waals surface area contributed by atoms with Crippen molar-refractivity contribution in [2.24, 2.45) is 0 Å². The van der Waals surface area contributed by atoms with Gasteiger partial charge in [0.25, 0.3) is 0 Å². The molecule has 0 aliphatic carbocycles. The summed E-state index contributed by atoms with van der Waals surface area (Å²) in [6, 6.07) is 0. The van der Waals surface area contributed by atoms with Crippen molar-refractivity contribution in [3.05, 3.63) is 22.4 Å². The molecule has 0 nitrogen and oxygen atoms in total. The van der Waals surface area contributed by atoms with Crippen molar-refractivity contribution in [3.8, 4) is 0 Å². The topological polar surface area (TPSA) is 0 Å². The average molecular weight is 120 g/mol. The molecule has 0 unspecified atom stereocenters. The normalized spacial score (nSPS) is 10.8. The molecular weight excluding hydrogens is 108 g/mol. The summed E-state index contributed by atoms with van der Waals surface area (Å²) < 4.78 is 3.70. The number of hydrogen-bond donors (Lipinski definition) is 0. The van der Waals surface area contributed by atoms with Crippen LogP contribution in [0.4, 0.5) is 0 Å². The predicted octanol–water partition coefficient (Wildman–Crippen LogP) is 2.22. The molecule has 0 saturated carbocycles. The molecule has 0 N–H and O–H groups in total. The number of allylic oxidation sites excluding steroid dienone is 3. The van der Waals surface area contributed by atoms with Crippen LogP contribution in [0.2, 0.25) is 4.55 Å². The van der Waals surface area contributed by atoms with Crippen LogP contribution >= 0.6 is 0 Å². The first-order chi connectivity index (χ1) is 3.91. The van der Waals surface area contributed by atoms with Crippen molar-refractivity contribution in [2.75, 3.05) is 0 Å². The second-order valence-electron chi connectivity index (χ2n) is 1.74. The first-order valence-electron chi connectivity index (χ1n) is 3.19. The molecule has 0 rings (SSSR count). The van der Waals surface area contributed by atoms with E-state index in [1.807, 2.05) is 6.92 Å². The average Bonchev–Trinajstić information content (AvgIpc) is 1.81. The SMILES string of the molecule is CC=CC=[CH][Mg][CH2]C. The lowest BCUT2D eigenvalue weighted by molar-refractivity contribution is 1.46. The molecular formula is C7H12Mg. The maximum atomic E-state index is 2.32. The van der Waals surface area contributed by atoms with E-state index in [0.29, 0.717) is 0 Å². The van der Waals surface area contributed by atoms with Gasteiger partial charge >= 0.3 is 20.4 Å². The maximum Gasteiger partial charge on any atom is 0.396 e. The Hall–Kier alpha value is 0.246. The Morgan fingerprint density at radius 3 is 2.62 bits per heavy atom. The van der Waals surface area contributed by atoms with E-state index >= 15 is 0 Å². The summed E-state index contributed by atoms with van der Waals surface area (Å²) in [5.41, 5.74) is 0. The van der Waals surface area contributed by atoms with Crippen LogP contribution in [-0.2, 0) is 0 Å². The van der Waals surface area contributed by atoms with Gasteiger partial charge in [-0.15, -0.1) is 4.55 Å². The van der Waals surface area contributed by atoms with Crippen molar-refractivity contribution >= 4 is 20.4 Å². The van der Waals surface area contributed by atoms with E-state index in [2.05, 4.69) is 29.4 Å². The van der Waals surface area contributed by atoms with Crippen LogP contribution in [0.5, 0.6) is 0 Å². The van der Waals surface area contributed by atoms with E-state index in [1.54, 1.807) is 0 Å². The van der Waals surface area contributed by atoms with Crippen LogP contribution in [0.25, 0.3) is 0 Å². The summed E-state index contributed by atoms with van der Waals surface area (Å²) >= 11 is 0.170. The third kappa shape index (κ3) is 6.25. The molecule has 0 bridgehead atoms. The van der Waals surface area contributed by atoms with Gasteiger partial charge in [0.2, 0.25) is 0 Å². The Labute approximate surface area is 61.4 Å². The lowest BCUT2D eigenvalue weighted by atomic mass is 10.5. The molecule has 8 heavy (non-hydrogen) atoms. The van der Waals surface area contributed by atoms with Crippen LogP contribution in [0.3, 0.4) is 0 Å². The Morgan fingerprint density at radius 2 is 2.12 bits per heavy atom. The second-order valence-corrected chi connectivity index (χ2v) is 3.79. The van der Waals surface area contributed by atoms with E-state index in [9.17, 15) is 0 Å². The van der Waals surface area contributed by atoms with Crippen LogP contribution in [0, 0.1) is 0 Å². The Bertz CT molecular complexity index is 82.4. The lowest BCUT2D eigenvalue weighted by Gasteiger charge is -1.73. The van der Waals surface area contributed by atoms with E-state index in [1.165, 1.54) is 4.55 Å². The zero-order valence-corrected chi connectivity index (χ0v) is 7.14. The minimum atomic E-state index is 0.170. The van der Waals surface area contributed by atoms with E-state index in [0.717, 1.165) is 0 Å². The van der Waals surface area contributed by atoms with Gasteiger partial charge in [-0.2, -0.15) is 0 Å². The Balaban J connectivity index is 3.07. The van der Waals surface area contributed by atoms with Gasteiger partial charge in [-0.05, 0) is 6.92 Å². The van der Waals surface area contributed by atoms with Crippen molar-refractivity contribution in [1.29, 1.82) is 0 Å². The molecule has 1 heteroatoms. The summed E-state index contributed by atoms with van der Waals surface area (Å²) in [5.74, 6) is 0. The lowest BCUT2D eigenvalue weighted by Crippen LogP contribution is -1.74. The molecule has 0 atom stereocenters. The first-order valence-corrected chi connectivity index (χ1v) is 5.01. The maximum absolute atomic E-state index is 2.32. The van der Waals surface area contributed by atoms with Gasteiger partial charge in [-0.3, -0.25) is 0 Å². The van der Waals surface area contributed by atoms with Crippen LogP contribution in [0.1, 0.15) is 13.8 Å². The monoisotopic (exact) mass is 120 g/mol. The third-order valence-electron chi connectivity index (χ3n) is 0.895. The highest BCUT2D eigenvalue weighted by atomic mass is 24.5. The van der Waals surface area contributed by atoms with Gasteiger partial charge in [-0.1, -0.05) is 25.2 Å². The van der Waals surface area contributed by atoms with E-state index < -0.39 is 0 Å². The van der Waals surface area contributed by atoms with E-state index in [-0.39, 0.29) is 20.4 Å². The first kappa shape index (κ1) is 8.25. The van der Waals surface area contributed by atoms with Gasteiger partial charge in [-0.25, -0.2) is 4.21 Å². The Kier molecular flexibility index (Phi) is 7.47. The number of rotatable bonds is 3. The van der Waals surface area contributed by atoms with Gasteiger partial charge in [0.1, 0.15) is 0 Å². The molecule has 0 amide bonds. The molecule has 0 aromatic rings. The van der Waals surface area contributed by atoms with Crippen molar-refractivity contribution < 1.29 is 0 Å². The predicted molar refractivity (Wildman–Crippen MR) is 40.2 cm³/mol. The molecule has 0 aliphatic heterocycles. The zero-order chi connectivity index (χ0) is 6.24. The summed E-state index contributed by atoms with van der Waals surface area (Å²) in [7, 11) is 0. The minimum absolute atomic E-state index is 0.170. The van der Waals surface area contributed by atoms with Crippen LogP contribution < -0.4 is 0 Å². The van der Waals surface area contributed by atoms with Crippen LogP contribution in [-0.4, -0.2) is 20.4 Å². The molecule has 0 saturated heterocycles. The van der Waals surface area contributed by atoms with Gasteiger partial charge < -0.3 is 0 Å². The fourth-order valence-electron chi connectivity index (χ4n) is 0.453. The minimum Gasteiger partial charge on any atom is -0.207 e. The van der Waals surface area contributed by atoms with E-state index in [4.69, 9.17) is 0 Å².